The number of hydrogen-bond donors (Lipinski definition) is 1. The molecule has 1 aromatic carbocycles. The van der Waals surface area contributed by atoms with Crippen molar-refractivity contribution in [2.24, 2.45) is 7.05 Å². The summed E-state index contributed by atoms with van der Waals surface area (Å²) in [5, 5.41) is 11.7. The largest absolute Gasteiger partial charge is 0.390 e. The van der Waals surface area contributed by atoms with Crippen LogP contribution in [0.1, 0.15) is 19.5 Å². The molecular formula is C13H16ClNO. The van der Waals surface area contributed by atoms with Gasteiger partial charge in [-0.05, 0) is 32.0 Å². The first-order chi connectivity index (χ1) is 7.38. The van der Waals surface area contributed by atoms with E-state index in [4.69, 9.17) is 11.6 Å². The van der Waals surface area contributed by atoms with Gasteiger partial charge in [-0.15, -0.1) is 0 Å². The molecule has 0 aliphatic heterocycles. The molecule has 1 heterocycles. The molecule has 3 heteroatoms. The van der Waals surface area contributed by atoms with E-state index < -0.39 is 5.60 Å². The predicted molar refractivity (Wildman–Crippen MR) is 67.9 cm³/mol. The van der Waals surface area contributed by atoms with Crippen molar-refractivity contribution in [3.05, 3.63) is 35.0 Å². The SMILES string of the molecule is Cn1c(CC(C)(C)O)cc2c(Cl)cccc21. The lowest BCUT2D eigenvalue weighted by atomic mass is 10.0. The third kappa shape index (κ3) is 2.08. The molecule has 0 atom stereocenters. The van der Waals surface area contributed by atoms with Crippen LogP contribution in [0.3, 0.4) is 0 Å². The van der Waals surface area contributed by atoms with Crippen molar-refractivity contribution in [3.8, 4) is 0 Å². The van der Waals surface area contributed by atoms with Crippen LogP contribution in [0.25, 0.3) is 10.9 Å². The minimum Gasteiger partial charge on any atom is -0.390 e. The van der Waals surface area contributed by atoms with E-state index >= 15 is 0 Å². The third-order valence-corrected chi connectivity index (χ3v) is 3.08. The Bertz CT molecular complexity index is 522. The lowest BCUT2D eigenvalue weighted by molar-refractivity contribution is 0.0793. The van der Waals surface area contributed by atoms with Gasteiger partial charge in [-0.1, -0.05) is 17.7 Å². The van der Waals surface area contributed by atoms with E-state index in [1.54, 1.807) is 0 Å². The highest BCUT2D eigenvalue weighted by molar-refractivity contribution is 6.35. The van der Waals surface area contributed by atoms with E-state index in [2.05, 4.69) is 10.6 Å². The summed E-state index contributed by atoms with van der Waals surface area (Å²) in [4.78, 5) is 0. The van der Waals surface area contributed by atoms with Crippen LogP contribution in [0.4, 0.5) is 0 Å². The first kappa shape index (κ1) is 11.5. The van der Waals surface area contributed by atoms with Crippen LogP contribution in [-0.2, 0) is 13.5 Å². The molecule has 0 saturated heterocycles. The van der Waals surface area contributed by atoms with Crippen LogP contribution in [0, 0.1) is 0 Å². The van der Waals surface area contributed by atoms with E-state index in [1.807, 2.05) is 39.1 Å². The van der Waals surface area contributed by atoms with Gasteiger partial charge in [0.25, 0.3) is 0 Å². The zero-order valence-electron chi connectivity index (χ0n) is 9.79. The number of nitrogens with zero attached hydrogens (tertiary/aromatic N) is 1. The Kier molecular flexibility index (Phi) is 2.72. The Hall–Kier alpha value is -0.990. The van der Waals surface area contributed by atoms with Crippen LogP contribution < -0.4 is 0 Å². The van der Waals surface area contributed by atoms with E-state index in [-0.39, 0.29) is 0 Å². The zero-order chi connectivity index (χ0) is 11.9. The van der Waals surface area contributed by atoms with Crippen LogP contribution in [0.5, 0.6) is 0 Å². The maximum Gasteiger partial charge on any atom is 0.0646 e. The van der Waals surface area contributed by atoms with E-state index in [0.29, 0.717) is 6.42 Å². The molecule has 0 aliphatic carbocycles. The molecule has 2 nitrogen and oxygen atoms in total. The summed E-state index contributed by atoms with van der Waals surface area (Å²) in [6.45, 7) is 3.62. The minimum absolute atomic E-state index is 0.620. The van der Waals surface area contributed by atoms with Crippen molar-refractivity contribution in [2.45, 2.75) is 25.9 Å². The molecule has 2 aromatic rings. The van der Waals surface area contributed by atoms with Crippen molar-refractivity contribution < 1.29 is 5.11 Å². The van der Waals surface area contributed by atoms with Crippen molar-refractivity contribution in [3.63, 3.8) is 0 Å². The van der Waals surface area contributed by atoms with Crippen molar-refractivity contribution in [1.29, 1.82) is 0 Å². The van der Waals surface area contributed by atoms with Crippen LogP contribution in [0.15, 0.2) is 24.3 Å². The summed E-state index contributed by atoms with van der Waals surface area (Å²) in [5.41, 5.74) is 1.50. The second-order valence-corrected chi connectivity index (χ2v) is 5.26. The average molecular weight is 238 g/mol. The number of halogens is 1. The Morgan fingerprint density at radius 3 is 2.62 bits per heavy atom. The second-order valence-electron chi connectivity index (χ2n) is 4.86. The van der Waals surface area contributed by atoms with E-state index in [1.165, 1.54) is 0 Å². The average Bonchev–Trinajstić information content (AvgIpc) is 2.44. The molecule has 0 radical (unpaired) electrons. The fourth-order valence-corrected chi connectivity index (χ4v) is 2.22. The molecule has 16 heavy (non-hydrogen) atoms. The molecule has 1 N–H and O–H groups in total. The Balaban J connectivity index is 2.56. The van der Waals surface area contributed by atoms with Gasteiger partial charge < -0.3 is 9.67 Å². The number of rotatable bonds is 2. The van der Waals surface area contributed by atoms with Gasteiger partial charge >= 0.3 is 0 Å². The van der Waals surface area contributed by atoms with Gasteiger partial charge in [0.15, 0.2) is 0 Å². The van der Waals surface area contributed by atoms with Crippen LogP contribution in [-0.4, -0.2) is 15.3 Å². The lowest BCUT2D eigenvalue weighted by Gasteiger charge is -2.17. The molecule has 0 aliphatic rings. The molecule has 0 saturated carbocycles. The third-order valence-electron chi connectivity index (χ3n) is 2.75. The molecule has 0 unspecified atom stereocenters. The molecule has 1 aromatic heterocycles. The maximum atomic E-state index is 9.84. The number of fused-ring (bicyclic) bond motifs is 1. The molecule has 2 rings (SSSR count). The summed E-state index contributed by atoms with van der Waals surface area (Å²) in [6, 6.07) is 7.92. The monoisotopic (exact) mass is 237 g/mol. The van der Waals surface area contributed by atoms with Crippen LogP contribution >= 0.6 is 11.6 Å². The quantitative estimate of drug-likeness (QED) is 0.853. The van der Waals surface area contributed by atoms with E-state index in [9.17, 15) is 5.11 Å². The molecule has 86 valence electrons. The first-order valence-electron chi connectivity index (χ1n) is 5.34. The Morgan fingerprint density at radius 2 is 2.06 bits per heavy atom. The van der Waals surface area contributed by atoms with E-state index in [0.717, 1.165) is 21.6 Å². The van der Waals surface area contributed by atoms with Gasteiger partial charge in [0.05, 0.1) is 5.60 Å². The summed E-state index contributed by atoms with van der Waals surface area (Å²) < 4.78 is 2.08. The van der Waals surface area contributed by atoms with Gasteiger partial charge in [-0.3, -0.25) is 0 Å². The smallest absolute Gasteiger partial charge is 0.0646 e. The number of aliphatic hydroxyl groups is 1. The Labute approximate surface area is 100 Å². The Morgan fingerprint density at radius 1 is 1.38 bits per heavy atom. The van der Waals surface area contributed by atoms with Gasteiger partial charge in [-0.25, -0.2) is 0 Å². The maximum absolute atomic E-state index is 9.84. The topological polar surface area (TPSA) is 25.2 Å². The fraction of sp³-hybridized carbons (Fsp3) is 0.385. The number of benzene rings is 1. The van der Waals surface area contributed by atoms with Gasteiger partial charge in [0, 0.05) is 35.1 Å². The zero-order valence-corrected chi connectivity index (χ0v) is 10.5. The van der Waals surface area contributed by atoms with Gasteiger partial charge in [-0.2, -0.15) is 0 Å². The predicted octanol–water partition coefficient (Wildman–Crippen LogP) is 3.15. The second kappa shape index (κ2) is 3.79. The summed E-state index contributed by atoms with van der Waals surface area (Å²) >= 11 is 6.14. The van der Waals surface area contributed by atoms with Crippen molar-refractivity contribution in [1.82, 2.24) is 4.57 Å². The number of hydrogen-bond acceptors (Lipinski definition) is 1. The summed E-state index contributed by atoms with van der Waals surface area (Å²) in [6.07, 6.45) is 0.620. The molecule has 0 spiro atoms. The number of aryl methyl sites for hydroxylation is 1. The van der Waals surface area contributed by atoms with Gasteiger partial charge in [0.1, 0.15) is 0 Å². The molecule has 0 bridgehead atoms. The molecule has 0 fully saturated rings. The van der Waals surface area contributed by atoms with Crippen molar-refractivity contribution in [2.75, 3.05) is 0 Å². The normalized spacial score (nSPS) is 12.3. The van der Waals surface area contributed by atoms with Gasteiger partial charge in [0.2, 0.25) is 0 Å². The minimum atomic E-state index is -0.700. The first-order valence-corrected chi connectivity index (χ1v) is 5.71. The summed E-state index contributed by atoms with van der Waals surface area (Å²) in [7, 11) is 2.00. The molecular weight excluding hydrogens is 222 g/mol. The van der Waals surface area contributed by atoms with Crippen molar-refractivity contribution >= 4 is 22.5 Å². The fourth-order valence-electron chi connectivity index (χ4n) is 1.99. The summed E-state index contributed by atoms with van der Waals surface area (Å²) in [5.74, 6) is 0. The number of aromatic nitrogens is 1. The standard InChI is InChI=1S/C13H16ClNO/c1-13(2,16)8-9-7-10-11(14)5-4-6-12(10)15(9)3/h4-7,16H,8H2,1-3H3. The lowest BCUT2D eigenvalue weighted by Crippen LogP contribution is -2.23. The highest BCUT2D eigenvalue weighted by atomic mass is 35.5. The highest BCUT2D eigenvalue weighted by Gasteiger charge is 2.17. The van der Waals surface area contributed by atoms with Crippen LogP contribution in [0.2, 0.25) is 5.02 Å². The highest BCUT2D eigenvalue weighted by Crippen LogP contribution is 2.27. The molecule has 0 amide bonds.